The highest BCUT2D eigenvalue weighted by atomic mass is 15.1. The van der Waals surface area contributed by atoms with E-state index in [4.69, 9.17) is 0 Å². The zero-order chi connectivity index (χ0) is 33.9. The molecule has 0 atom stereocenters. The summed E-state index contributed by atoms with van der Waals surface area (Å²) in [6, 6.07) is 65.4. The van der Waals surface area contributed by atoms with Gasteiger partial charge in [0.05, 0.1) is 11.4 Å². The maximum absolute atomic E-state index is 2.35. The smallest absolute Gasteiger partial charge is 0.0540 e. The van der Waals surface area contributed by atoms with Crippen molar-refractivity contribution in [2.24, 2.45) is 0 Å². The summed E-state index contributed by atoms with van der Waals surface area (Å²) in [6.45, 7) is 4.26. The molecule has 0 radical (unpaired) electrons. The Bertz CT molecular complexity index is 2240. The minimum Gasteiger partial charge on any atom is -0.310 e. The maximum atomic E-state index is 2.35. The van der Waals surface area contributed by atoms with E-state index >= 15 is 0 Å². The summed E-state index contributed by atoms with van der Waals surface area (Å²) in [5, 5.41) is 4.91. The van der Waals surface area contributed by atoms with E-state index in [1.165, 1.54) is 44.0 Å². The van der Waals surface area contributed by atoms with E-state index in [1.807, 2.05) is 0 Å². The van der Waals surface area contributed by atoms with Gasteiger partial charge in [-0.25, -0.2) is 0 Å². The van der Waals surface area contributed by atoms with Crippen molar-refractivity contribution in [2.75, 3.05) is 9.80 Å². The average Bonchev–Trinajstić information content (AvgIpc) is 3.17. The van der Waals surface area contributed by atoms with Crippen molar-refractivity contribution in [3.05, 3.63) is 204 Å². The van der Waals surface area contributed by atoms with Gasteiger partial charge in [-0.3, -0.25) is 0 Å². The first-order chi connectivity index (χ1) is 24.6. The fourth-order valence-corrected chi connectivity index (χ4v) is 6.71. The zero-order valence-electron chi connectivity index (χ0n) is 28.4. The monoisotopic (exact) mass is 642 g/mol. The molecule has 0 aliphatic carbocycles. The fourth-order valence-electron chi connectivity index (χ4n) is 6.71. The molecule has 0 aliphatic heterocycles. The number of fused-ring (bicyclic) bond motifs is 2. The van der Waals surface area contributed by atoms with E-state index in [9.17, 15) is 0 Å². The average molecular weight is 643 g/mol. The van der Waals surface area contributed by atoms with Gasteiger partial charge in [0.25, 0.3) is 0 Å². The Morgan fingerprint density at radius 1 is 0.320 bits per heavy atom. The fraction of sp³-hybridized carbons (Fsp3) is 0.0417. The molecule has 0 amide bonds. The van der Waals surface area contributed by atoms with Gasteiger partial charge in [-0.05, 0) is 96.4 Å². The van der Waals surface area contributed by atoms with Crippen LogP contribution in [0.2, 0.25) is 0 Å². The lowest BCUT2D eigenvalue weighted by molar-refractivity contribution is 1.29. The molecule has 0 aromatic heterocycles. The normalized spacial score (nSPS) is 11.3. The summed E-state index contributed by atoms with van der Waals surface area (Å²) >= 11 is 0. The number of aryl methyl sites for hydroxylation is 2. The Balaban J connectivity index is 1.09. The molecule has 0 N–H and O–H groups in total. The standard InChI is InChI=1S/C48H38N2/c1-35-17-27-41(28-18-35)49(47-15-7-11-39-9-3-5-13-45(39)47)43-31-23-37(24-32-43)21-22-38-25-33-44(34-26-38)50(42-29-19-36(2)20-30-42)48-16-8-12-40-10-4-6-14-46(40)48/h3-34H,1-2H3. The van der Waals surface area contributed by atoms with E-state index in [0.29, 0.717) is 0 Å². The van der Waals surface area contributed by atoms with Crippen LogP contribution < -0.4 is 9.80 Å². The molecule has 8 rings (SSSR count). The van der Waals surface area contributed by atoms with Crippen LogP contribution in [0.25, 0.3) is 33.7 Å². The number of hydrogen-bond donors (Lipinski definition) is 0. The molecule has 0 saturated carbocycles. The second-order valence-electron chi connectivity index (χ2n) is 12.9. The van der Waals surface area contributed by atoms with Gasteiger partial charge in [-0.2, -0.15) is 0 Å². The van der Waals surface area contributed by atoms with Crippen LogP contribution >= 0.6 is 0 Å². The van der Waals surface area contributed by atoms with Crippen LogP contribution in [0.4, 0.5) is 34.1 Å². The van der Waals surface area contributed by atoms with E-state index < -0.39 is 0 Å². The first kappa shape index (κ1) is 30.9. The molecule has 0 fully saturated rings. The molecular weight excluding hydrogens is 605 g/mol. The molecule has 0 spiro atoms. The minimum absolute atomic E-state index is 1.12. The molecule has 8 aromatic carbocycles. The van der Waals surface area contributed by atoms with Crippen LogP contribution in [-0.2, 0) is 0 Å². The summed E-state index contributed by atoms with van der Waals surface area (Å²) in [5.74, 6) is 0. The van der Waals surface area contributed by atoms with E-state index in [0.717, 1.165) is 33.9 Å². The van der Waals surface area contributed by atoms with E-state index in [1.54, 1.807) is 0 Å². The molecule has 0 saturated heterocycles. The topological polar surface area (TPSA) is 6.48 Å². The Morgan fingerprint density at radius 3 is 1.02 bits per heavy atom. The summed E-state index contributed by atoms with van der Waals surface area (Å²) in [4.78, 5) is 4.70. The predicted octanol–water partition coefficient (Wildman–Crippen LogP) is 13.7. The van der Waals surface area contributed by atoms with Crippen LogP contribution in [-0.4, -0.2) is 0 Å². The Morgan fingerprint density at radius 2 is 0.640 bits per heavy atom. The Labute approximate surface area is 294 Å². The summed E-state index contributed by atoms with van der Waals surface area (Å²) in [5.41, 5.74) is 11.6. The van der Waals surface area contributed by atoms with Crippen molar-refractivity contribution in [1.29, 1.82) is 0 Å². The van der Waals surface area contributed by atoms with Crippen LogP contribution in [0.5, 0.6) is 0 Å². The van der Waals surface area contributed by atoms with Gasteiger partial charge < -0.3 is 9.80 Å². The molecule has 0 aliphatic rings. The van der Waals surface area contributed by atoms with Crippen LogP contribution in [0.3, 0.4) is 0 Å². The molecule has 2 nitrogen and oxygen atoms in total. The van der Waals surface area contributed by atoms with Crippen LogP contribution in [0.1, 0.15) is 22.3 Å². The molecule has 8 aromatic rings. The van der Waals surface area contributed by atoms with Crippen molar-refractivity contribution in [3.8, 4) is 0 Å². The van der Waals surface area contributed by atoms with Gasteiger partial charge in [-0.1, -0.05) is 145 Å². The minimum atomic E-state index is 1.12. The van der Waals surface area contributed by atoms with Crippen molar-refractivity contribution in [3.63, 3.8) is 0 Å². The lowest BCUT2D eigenvalue weighted by Gasteiger charge is -2.27. The second-order valence-corrected chi connectivity index (χ2v) is 12.9. The largest absolute Gasteiger partial charge is 0.310 e. The molecule has 50 heavy (non-hydrogen) atoms. The SMILES string of the molecule is Cc1ccc(N(c2ccc(C=Cc3ccc(N(c4ccc(C)cc4)c4cccc5ccccc45)cc3)cc2)c2cccc3ccccc23)cc1. The Kier molecular flexibility index (Phi) is 8.42. The molecule has 0 bridgehead atoms. The maximum Gasteiger partial charge on any atom is 0.0540 e. The predicted molar refractivity (Wildman–Crippen MR) is 216 cm³/mol. The molecular formula is C48H38N2. The highest BCUT2D eigenvalue weighted by molar-refractivity contribution is 6.00. The van der Waals surface area contributed by atoms with Gasteiger partial charge in [0.15, 0.2) is 0 Å². The van der Waals surface area contributed by atoms with Crippen LogP contribution in [0.15, 0.2) is 182 Å². The highest BCUT2D eigenvalue weighted by Gasteiger charge is 2.16. The van der Waals surface area contributed by atoms with Crippen molar-refractivity contribution < 1.29 is 0 Å². The van der Waals surface area contributed by atoms with Gasteiger partial charge in [-0.15, -0.1) is 0 Å². The van der Waals surface area contributed by atoms with E-state index in [2.05, 4.69) is 218 Å². The number of rotatable bonds is 8. The lowest BCUT2D eigenvalue weighted by atomic mass is 10.0. The number of hydrogen-bond acceptors (Lipinski definition) is 2. The summed E-state index contributed by atoms with van der Waals surface area (Å²) in [6.07, 6.45) is 4.38. The van der Waals surface area contributed by atoms with Gasteiger partial charge in [0.2, 0.25) is 0 Å². The zero-order valence-corrected chi connectivity index (χ0v) is 28.4. The third-order valence-corrected chi connectivity index (χ3v) is 9.37. The summed E-state index contributed by atoms with van der Waals surface area (Å²) in [7, 11) is 0. The van der Waals surface area contributed by atoms with Crippen LogP contribution in [0, 0.1) is 13.8 Å². The molecule has 240 valence electrons. The first-order valence-corrected chi connectivity index (χ1v) is 17.2. The van der Waals surface area contributed by atoms with Gasteiger partial charge >= 0.3 is 0 Å². The Hall–Kier alpha value is -6.38. The molecule has 0 heterocycles. The first-order valence-electron chi connectivity index (χ1n) is 17.2. The van der Waals surface area contributed by atoms with E-state index in [-0.39, 0.29) is 0 Å². The molecule has 2 heteroatoms. The van der Waals surface area contributed by atoms with Gasteiger partial charge in [0.1, 0.15) is 0 Å². The van der Waals surface area contributed by atoms with Crippen molar-refractivity contribution >= 4 is 67.8 Å². The third-order valence-electron chi connectivity index (χ3n) is 9.37. The van der Waals surface area contributed by atoms with Crippen molar-refractivity contribution in [2.45, 2.75) is 13.8 Å². The van der Waals surface area contributed by atoms with Gasteiger partial charge in [0, 0.05) is 33.5 Å². The lowest BCUT2D eigenvalue weighted by Crippen LogP contribution is -2.10. The number of anilines is 6. The highest BCUT2D eigenvalue weighted by Crippen LogP contribution is 2.40. The third kappa shape index (κ3) is 6.27. The quantitative estimate of drug-likeness (QED) is 0.152. The number of nitrogens with zero attached hydrogens (tertiary/aromatic N) is 2. The number of benzene rings is 8. The van der Waals surface area contributed by atoms with Crippen molar-refractivity contribution in [1.82, 2.24) is 0 Å². The summed E-state index contributed by atoms with van der Waals surface area (Å²) < 4.78 is 0. The second kappa shape index (κ2) is 13.6. The molecule has 0 unspecified atom stereocenters.